The molecular formula is C16H17BrN4. The molecule has 0 unspecified atom stereocenters. The Morgan fingerprint density at radius 3 is 2.81 bits per heavy atom. The molecule has 0 saturated carbocycles. The van der Waals surface area contributed by atoms with Crippen LogP contribution in [0.3, 0.4) is 0 Å². The number of benzene rings is 1. The number of rotatable bonds is 3. The molecule has 0 fully saturated rings. The summed E-state index contributed by atoms with van der Waals surface area (Å²) in [5, 5.41) is 8.90. The summed E-state index contributed by atoms with van der Waals surface area (Å²) in [5.74, 6) is 0. The minimum absolute atomic E-state index is 0.769. The topological polar surface area (TPSA) is 42.7 Å². The molecule has 5 heteroatoms. The predicted octanol–water partition coefficient (Wildman–Crippen LogP) is 3.96. The first-order valence-corrected chi connectivity index (χ1v) is 7.62. The van der Waals surface area contributed by atoms with E-state index in [0.717, 1.165) is 33.4 Å². The smallest absolute Gasteiger partial charge is 0.157 e. The van der Waals surface area contributed by atoms with Crippen LogP contribution in [0.5, 0.6) is 0 Å². The summed E-state index contributed by atoms with van der Waals surface area (Å²) < 4.78 is 2.95. The van der Waals surface area contributed by atoms with Crippen molar-refractivity contribution in [3.8, 4) is 0 Å². The van der Waals surface area contributed by atoms with E-state index < -0.39 is 0 Å². The first kappa shape index (κ1) is 14.1. The van der Waals surface area contributed by atoms with E-state index >= 15 is 0 Å². The van der Waals surface area contributed by atoms with Gasteiger partial charge in [0.25, 0.3) is 0 Å². The van der Waals surface area contributed by atoms with Crippen molar-refractivity contribution in [1.29, 1.82) is 0 Å². The van der Waals surface area contributed by atoms with Crippen molar-refractivity contribution in [3.63, 3.8) is 0 Å². The van der Waals surface area contributed by atoms with Gasteiger partial charge < -0.3 is 5.32 Å². The molecule has 0 spiro atoms. The van der Waals surface area contributed by atoms with Gasteiger partial charge in [-0.25, -0.2) is 4.98 Å². The molecule has 1 N–H and O–H groups in total. The van der Waals surface area contributed by atoms with Crippen molar-refractivity contribution in [2.24, 2.45) is 7.05 Å². The van der Waals surface area contributed by atoms with Crippen LogP contribution in [0.4, 0.5) is 5.69 Å². The zero-order valence-corrected chi connectivity index (χ0v) is 13.9. The second-order valence-electron chi connectivity index (χ2n) is 5.24. The average molecular weight is 345 g/mol. The molecular weight excluding hydrogens is 328 g/mol. The maximum absolute atomic E-state index is 4.47. The lowest BCUT2D eigenvalue weighted by atomic mass is 10.1. The van der Waals surface area contributed by atoms with Gasteiger partial charge in [0.05, 0.1) is 17.6 Å². The van der Waals surface area contributed by atoms with Gasteiger partial charge >= 0.3 is 0 Å². The zero-order valence-electron chi connectivity index (χ0n) is 12.3. The van der Waals surface area contributed by atoms with Crippen LogP contribution in [-0.4, -0.2) is 14.8 Å². The summed E-state index contributed by atoms with van der Waals surface area (Å²) >= 11 is 3.57. The van der Waals surface area contributed by atoms with Gasteiger partial charge in [-0.15, -0.1) is 0 Å². The molecule has 0 radical (unpaired) electrons. The van der Waals surface area contributed by atoms with E-state index in [9.17, 15) is 0 Å². The summed E-state index contributed by atoms with van der Waals surface area (Å²) in [6.45, 7) is 4.86. The quantitative estimate of drug-likeness (QED) is 0.781. The number of pyridine rings is 1. The Hall–Kier alpha value is -1.88. The van der Waals surface area contributed by atoms with Gasteiger partial charge in [-0.05, 0) is 37.1 Å². The van der Waals surface area contributed by atoms with Crippen LogP contribution >= 0.6 is 15.9 Å². The zero-order chi connectivity index (χ0) is 15.0. The third-order valence-corrected chi connectivity index (χ3v) is 4.45. The van der Waals surface area contributed by atoms with Crippen molar-refractivity contribution in [1.82, 2.24) is 14.8 Å². The number of anilines is 1. The average Bonchev–Trinajstić information content (AvgIpc) is 2.75. The van der Waals surface area contributed by atoms with E-state index in [1.54, 1.807) is 0 Å². The number of nitrogens with one attached hydrogen (secondary N) is 1. The summed E-state index contributed by atoms with van der Waals surface area (Å²) in [6, 6.07) is 8.50. The van der Waals surface area contributed by atoms with Crippen LogP contribution in [-0.2, 0) is 13.6 Å². The van der Waals surface area contributed by atoms with Gasteiger partial charge in [-0.2, -0.15) is 5.10 Å². The summed E-state index contributed by atoms with van der Waals surface area (Å²) in [7, 11) is 1.92. The van der Waals surface area contributed by atoms with Gasteiger partial charge in [0, 0.05) is 23.5 Å². The first-order chi connectivity index (χ1) is 10.0. The molecule has 0 aliphatic rings. The van der Waals surface area contributed by atoms with Gasteiger partial charge in [0.1, 0.15) is 0 Å². The fourth-order valence-electron chi connectivity index (χ4n) is 2.36. The molecule has 2 aromatic heterocycles. The predicted molar refractivity (Wildman–Crippen MR) is 89.5 cm³/mol. The maximum atomic E-state index is 4.47. The number of aromatic nitrogens is 3. The second-order valence-corrected chi connectivity index (χ2v) is 6.10. The molecule has 21 heavy (non-hydrogen) atoms. The number of halogens is 1. The fourth-order valence-corrected chi connectivity index (χ4v) is 2.78. The second kappa shape index (κ2) is 5.48. The highest BCUT2D eigenvalue weighted by Gasteiger charge is 2.07. The summed E-state index contributed by atoms with van der Waals surface area (Å²) in [5.41, 5.74) is 5.40. The monoisotopic (exact) mass is 344 g/mol. The third-order valence-electron chi connectivity index (χ3n) is 3.60. The highest BCUT2D eigenvalue weighted by molar-refractivity contribution is 9.10. The normalized spacial score (nSPS) is 11.0. The molecule has 0 amide bonds. The van der Waals surface area contributed by atoms with Crippen molar-refractivity contribution >= 4 is 32.7 Å². The molecule has 0 atom stereocenters. The van der Waals surface area contributed by atoms with E-state index in [1.165, 1.54) is 11.1 Å². The van der Waals surface area contributed by atoms with Crippen LogP contribution in [0.25, 0.3) is 11.0 Å². The van der Waals surface area contributed by atoms with Crippen molar-refractivity contribution in [2.45, 2.75) is 20.4 Å². The molecule has 3 rings (SSSR count). The lowest BCUT2D eigenvalue weighted by Crippen LogP contribution is -2.00. The van der Waals surface area contributed by atoms with Crippen LogP contribution in [0.2, 0.25) is 0 Å². The molecule has 108 valence electrons. The summed E-state index contributed by atoms with van der Waals surface area (Å²) in [6.07, 6.45) is 1.85. The Bertz CT molecular complexity index is 807. The minimum Gasteiger partial charge on any atom is -0.380 e. The number of hydrogen-bond acceptors (Lipinski definition) is 3. The molecule has 4 nitrogen and oxygen atoms in total. The van der Waals surface area contributed by atoms with Crippen LogP contribution in [0, 0.1) is 13.8 Å². The SMILES string of the molecule is Cc1ccc(CNc2cnc3c(c2)c(C)nn3C)cc1Br. The Balaban J connectivity index is 1.81. The van der Waals surface area contributed by atoms with E-state index in [-0.39, 0.29) is 0 Å². The van der Waals surface area contributed by atoms with Crippen LogP contribution < -0.4 is 5.32 Å². The Morgan fingerprint density at radius 1 is 1.24 bits per heavy atom. The van der Waals surface area contributed by atoms with Crippen molar-refractivity contribution < 1.29 is 0 Å². The highest BCUT2D eigenvalue weighted by Crippen LogP contribution is 2.21. The Labute approximate surface area is 132 Å². The number of fused-ring (bicyclic) bond motifs is 1. The molecule has 0 bridgehead atoms. The lowest BCUT2D eigenvalue weighted by molar-refractivity contribution is 0.774. The van der Waals surface area contributed by atoms with E-state index in [1.807, 2.05) is 24.9 Å². The number of aryl methyl sites for hydroxylation is 3. The number of nitrogens with zero attached hydrogens (tertiary/aromatic N) is 3. The molecule has 2 heterocycles. The standard InChI is InChI=1S/C16H17BrN4/c1-10-4-5-12(6-15(10)17)8-18-13-7-14-11(2)20-21(3)16(14)19-9-13/h4-7,9,18H,8H2,1-3H3. The van der Waals surface area contributed by atoms with Crippen LogP contribution in [0.1, 0.15) is 16.8 Å². The Morgan fingerprint density at radius 2 is 2.05 bits per heavy atom. The fraction of sp³-hybridized carbons (Fsp3) is 0.250. The minimum atomic E-state index is 0.769. The first-order valence-electron chi connectivity index (χ1n) is 6.83. The van der Waals surface area contributed by atoms with E-state index in [4.69, 9.17) is 0 Å². The molecule has 1 aromatic carbocycles. The largest absolute Gasteiger partial charge is 0.380 e. The molecule has 0 aliphatic carbocycles. The lowest BCUT2D eigenvalue weighted by Gasteiger charge is -2.08. The van der Waals surface area contributed by atoms with E-state index in [2.05, 4.69) is 62.5 Å². The Kier molecular flexibility index (Phi) is 3.68. The summed E-state index contributed by atoms with van der Waals surface area (Å²) in [4.78, 5) is 4.47. The van der Waals surface area contributed by atoms with Crippen molar-refractivity contribution in [3.05, 3.63) is 51.8 Å². The van der Waals surface area contributed by atoms with Gasteiger partial charge in [0.15, 0.2) is 5.65 Å². The maximum Gasteiger partial charge on any atom is 0.157 e. The molecule has 3 aromatic rings. The van der Waals surface area contributed by atoms with E-state index in [0.29, 0.717) is 0 Å². The molecule has 0 aliphatic heterocycles. The van der Waals surface area contributed by atoms with Crippen LogP contribution in [0.15, 0.2) is 34.9 Å². The highest BCUT2D eigenvalue weighted by atomic mass is 79.9. The number of hydrogen-bond donors (Lipinski definition) is 1. The molecule has 0 saturated heterocycles. The van der Waals surface area contributed by atoms with Gasteiger partial charge in [0.2, 0.25) is 0 Å². The van der Waals surface area contributed by atoms with Gasteiger partial charge in [-0.3, -0.25) is 4.68 Å². The van der Waals surface area contributed by atoms with Gasteiger partial charge in [-0.1, -0.05) is 28.1 Å². The van der Waals surface area contributed by atoms with Crippen molar-refractivity contribution in [2.75, 3.05) is 5.32 Å². The third kappa shape index (κ3) is 2.78.